The molecule has 0 aliphatic carbocycles. The van der Waals surface area contributed by atoms with Crippen molar-refractivity contribution in [3.63, 3.8) is 0 Å². The van der Waals surface area contributed by atoms with Crippen LogP contribution in [0.5, 0.6) is 0 Å². The summed E-state index contributed by atoms with van der Waals surface area (Å²) in [5.41, 5.74) is 1.13. The second kappa shape index (κ2) is 13.5. The van der Waals surface area contributed by atoms with Crippen LogP contribution in [0.2, 0.25) is 0 Å². The number of rotatable bonds is 11. The van der Waals surface area contributed by atoms with Gasteiger partial charge in [0.2, 0.25) is 5.12 Å². The fourth-order valence-electron chi connectivity index (χ4n) is 2.08. The highest BCUT2D eigenvalue weighted by atomic mass is 32.2. The van der Waals surface area contributed by atoms with Gasteiger partial charge in [0.15, 0.2) is 0 Å². The van der Waals surface area contributed by atoms with Crippen LogP contribution in [0, 0.1) is 0 Å². The third kappa shape index (κ3) is 9.66. The van der Waals surface area contributed by atoms with Crippen LogP contribution < -0.4 is 0 Å². The standard InChI is InChI=1S/C22H24O2S2/c23-22(19-24-16-10-13-20-11-4-1-5-12-20)26-18-9-3-8-17-25-21-14-6-2-7-15-21/h1-2,4-8,10-15,17H,3,9,16,18-19H2/b13-10+,17-8+. The number of carbonyl (C=O) groups excluding carboxylic acids is 1. The Morgan fingerprint density at radius 2 is 1.69 bits per heavy atom. The number of hydrogen-bond donors (Lipinski definition) is 0. The third-order valence-electron chi connectivity index (χ3n) is 3.37. The highest BCUT2D eigenvalue weighted by Gasteiger charge is 2.01. The first-order valence-corrected chi connectivity index (χ1v) is 10.5. The molecule has 4 heteroatoms. The maximum absolute atomic E-state index is 11.7. The van der Waals surface area contributed by atoms with E-state index < -0.39 is 0 Å². The first-order valence-electron chi connectivity index (χ1n) is 8.66. The summed E-state index contributed by atoms with van der Waals surface area (Å²) in [6, 6.07) is 20.3. The second-order valence-electron chi connectivity index (χ2n) is 5.49. The van der Waals surface area contributed by atoms with Gasteiger partial charge in [0.1, 0.15) is 6.61 Å². The fraction of sp³-hybridized carbons (Fsp3) is 0.227. The summed E-state index contributed by atoms with van der Waals surface area (Å²) in [6.07, 6.45) is 8.07. The van der Waals surface area contributed by atoms with Gasteiger partial charge in [0.05, 0.1) is 6.61 Å². The molecule has 0 bridgehead atoms. The minimum absolute atomic E-state index is 0.0979. The van der Waals surface area contributed by atoms with Gasteiger partial charge in [-0.2, -0.15) is 0 Å². The average molecular weight is 385 g/mol. The molecule has 26 heavy (non-hydrogen) atoms. The topological polar surface area (TPSA) is 26.3 Å². The highest BCUT2D eigenvalue weighted by molar-refractivity contribution is 8.13. The van der Waals surface area contributed by atoms with Crippen LogP contribution in [0.15, 0.2) is 83.1 Å². The summed E-state index contributed by atoms with van der Waals surface area (Å²) in [6.45, 7) is 0.629. The molecule has 0 atom stereocenters. The molecule has 136 valence electrons. The molecule has 2 aromatic rings. The number of unbranched alkanes of at least 4 members (excludes halogenated alkanes) is 1. The summed E-state index contributed by atoms with van der Waals surface area (Å²) in [5.74, 6) is 0.836. The highest BCUT2D eigenvalue weighted by Crippen LogP contribution is 2.18. The Morgan fingerprint density at radius 1 is 0.962 bits per heavy atom. The Kier molecular flexibility index (Phi) is 10.6. The average Bonchev–Trinajstić information content (AvgIpc) is 2.68. The lowest BCUT2D eigenvalue weighted by molar-refractivity contribution is -0.114. The molecule has 0 aromatic heterocycles. The van der Waals surface area contributed by atoms with Gasteiger partial charge < -0.3 is 4.74 Å². The van der Waals surface area contributed by atoms with Crippen LogP contribution in [0.25, 0.3) is 6.08 Å². The summed E-state index contributed by atoms with van der Waals surface area (Å²) in [4.78, 5) is 13.0. The number of carbonyl (C=O) groups is 1. The smallest absolute Gasteiger partial charge is 0.214 e. The molecule has 0 N–H and O–H groups in total. The first kappa shape index (κ1) is 20.6. The van der Waals surface area contributed by atoms with Crippen molar-refractivity contribution in [2.75, 3.05) is 19.0 Å². The molecular formula is C22H24O2S2. The Bertz CT molecular complexity index is 682. The predicted molar refractivity (Wildman–Crippen MR) is 114 cm³/mol. The van der Waals surface area contributed by atoms with Gasteiger partial charge in [-0.25, -0.2) is 0 Å². The predicted octanol–water partition coefficient (Wildman–Crippen LogP) is 6.06. The van der Waals surface area contributed by atoms with Crippen LogP contribution in [0.1, 0.15) is 18.4 Å². The van der Waals surface area contributed by atoms with E-state index in [1.54, 1.807) is 11.8 Å². The van der Waals surface area contributed by atoms with E-state index in [0.717, 1.165) is 24.2 Å². The molecule has 0 amide bonds. The van der Waals surface area contributed by atoms with Crippen molar-refractivity contribution in [2.24, 2.45) is 0 Å². The van der Waals surface area contributed by atoms with Crippen LogP contribution in [-0.4, -0.2) is 24.1 Å². The van der Waals surface area contributed by atoms with E-state index in [0.29, 0.717) is 6.61 Å². The van der Waals surface area contributed by atoms with Crippen molar-refractivity contribution in [1.82, 2.24) is 0 Å². The molecule has 0 radical (unpaired) electrons. The van der Waals surface area contributed by atoms with Gasteiger partial charge in [0, 0.05) is 10.6 Å². The largest absolute Gasteiger partial charge is 0.369 e. The zero-order valence-electron chi connectivity index (χ0n) is 14.8. The molecule has 0 saturated carbocycles. The molecule has 2 aromatic carbocycles. The number of thioether (sulfide) groups is 2. The Morgan fingerprint density at radius 3 is 2.46 bits per heavy atom. The van der Waals surface area contributed by atoms with Gasteiger partial charge in [0.25, 0.3) is 0 Å². The zero-order valence-corrected chi connectivity index (χ0v) is 16.4. The number of allylic oxidation sites excluding steroid dienone is 1. The molecular weight excluding hydrogens is 360 g/mol. The second-order valence-corrected chi connectivity index (χ2v) is 7.63. The maximum Gasteiger partial charge on any atom is 0.214 e. The lowest BCUT2D eigenvalue weighted by atomic mass is 10.2. The normalized spacial score (nSPS) is 11.4. The van der Waals surface area contributed by atoms with Crippen LogP contribution in [0.3, 0.4) is 0 Å². The molecule has 0 spiro atoms. The van der Waals surface area contributed by atoms with E-state index in [4.69, 9.17) is 4.74 Å². The Balaban J connectivity index is 1.45. The molecule has 0 heterocycles. The lowest BCUT2D eigenvalue weighted by Crippen LogP contribution is -2.05. The quantitative estimate of drug-likeness (QED) is 0.347. The Hall–Kier alpha value is -1.75. The van der Waals surface area contributed by atoms with Crippen molar-refractivity contribution in [3.8, 4) is 0 Å². The Labute approximate surface area is 164 Å². The maximum atomic E-state index is 11.7. The minimum atomic E-state index is 0.0979. The van der Waals surface area contributed by atoms with Crippen LogP contribution in [-0.2, 0) is 9.53 Å². The van der Waals surface area contributed by atoms with Crippen LogP contribution >= 0.6 is 23.5 Å². The van der Waals surface area contributed by atoms with Crippen molar-refractivity contribution in [3.05, 3.63) is 83.8 Å². The molecule has 2 rings (SSSR count). The van der Waals surface area contributed by atoms with E-state index in [2.05, 4.69) is 23.6 Å². The molecule has 0 unspecified atom stereocenters. The molecule has 0 saturated heterocycles. The summed E-state index contributed by atoms with van der Waals surface area (Å²) < 4.78 is 5.39. The van der Waals surface area contributed by atoms with Gasteiger partial charge >= 0.3 is 0 Å². The molecule has 2 nitrogen and oxygen atoms in total. The van der Waals surface area contributed by atoms with Crippen molar-refractivity contribution in [1.29, 1.82) is 0 Å². The summed E-state index contributed by atoms with van der Waals surface area (Å²) >= 11 is 3.07. The van der Waals surface area contributed by atoms with E-state index in [-0.39, 0.29) is 11.7 Å². The van der Waals surface area contributed by atoms with Crippen molar-refractivity contribution in [2.45, 2.75) is 17.7 Å². The first-order chi connectivity index (χ1) is 12.8. The van der Waals surface area contributed by atoms with Crippen molar-refractivity contribution < 1.29 is 9.53 Å². The number of benzene rings is 2. The number of ether oxygens (including phenoxy) is 1. The fourth-order valence-corrected chi connectivity index (χ4v) is 3.49. The van der Waals surface area contributed by atoms with E-state index in [1.807, 2.05) is 60.7 Å². The number of hydrogen-bond acceptors (Lipinski definition) is 4. The molecule has 0 aliphatic rings. The van der Waals surface area contributed by atoms with Crippen molar-refractivity contribution >= 4 is 34.7 Å². The van der Waals surface area contributed by atoms with E-state index >= 15 is 0 Å². The summed E-state index contributed by atoms with van der Waals surface area (Å²) in [5, 5.41) is 2.21. The van der Waals surface area contributed by atoms with E-state index in [9.17, 15) is 4.79 Å². The molecule has 0 aliphatic heterocycles. The lowest BCUT2D eigenvalue weighted by Gasteiger charge is -2.00. The van der Waals surface area contributed by atoms with Gasteiger partial charge in [-0.15, -0.1) is 0 Å². The van der Waals surface area contributed by atoms with Gasteiger partial charge in [-0.1, -0.05) is 90.3 Å². The molecule has 0 fully saturated rings. The summed E-state index contributed by atoms with van der Waals surface area (Å²) in [7, 11) is 0. The van der Waals surface area contributed by atoms with Gasteiger partial charge in [-0.3, -0.25) is 4.79 Å². The van der Waals surface area contributed by atoms with Crippen LogP contribution in [0.4, 0.5) is 0 Å². The van der Waals surface area contributed by atoms with Gasteiger partial charge in [-0.05, 0) is 35.9 Å². The monoisotopic (exact) mass is 384 g/mol. The minimum Gasteiger partial charge on any atom is -0.369 e. The zero-order chi connectivity index (χ0) is 18.3. The van der Waals surface area contributed by atoms with E-state index in [1.165, 1.54) is 16.7 Å². The third-order valence-corrected chi connectivity index (χ3v) is 5.17. The SMILES string of the molecule is O=C(COC/C=C/c1ccccc1)SCCC/C=C/Sc1ccccc1.